The molecule has 0 unspecified atom stereocenters. The smallest absolute Gasteiger partial charge is 0.119 e. The number of allylic oxidation sites excluding steroid dienone is 2. The van der Waals surface area contributed by atoms with Gasteiger partial charge in [0.1, 0.15) is 11.5 Å². The van der Waals surface area contributed by atoms with E-state index >= 15 is 0 Å². The van der Waals surface area contributed by atoms with Crippen LogP contribution in [0.15, 0.2) is 37.4 Å². The quantitative estimate of drug-likeness (QED) is 0.566. The summed E-state index contributed by atoms with van der Waals surface area (Å²) in [6.07, 6.45) is 4.48. The van der Waals surface area contributed by atoms with E-state index in [2.05, 4.69) is 13.2 Å². The minimum atomic E-state index is 0.194. The molecule has 0 spiro atoms. The normalized spacial score (nSPS) is 9.71. The van der Waals surface area contributed by atoms with Crippen LogP contribution in [-0.4, -0.2) is 10.2 Å². The van der Waals surface area contributed by atoms with Gasteiger partial charge in [-0.05, 0) is 25.0 Å². The Balaban J connectivity index is 3.24. The second-order valence-electron chi connectivity index (χ2n) is 3.05. The molecule has 74 valence electrons. The van der Waals surface area contributed by atoms with Gasteiger partial charge in [-0.2, -0.15) is 0 Å². The number of phenolic OH excluding ortho intramolecular Hbond substituents is 2. The van der Waals surface area contributed by atoms with E-state index in [1.807, 2.05) is 0 Å². The van der Waals surface area contributed by atoms with Crippen LogP contribution >= 0.6 is 0 Å². The molecule has 14 heavy (non-hydrogen) atoms. The number of hydrogen-bond donors (Lipinski definition) is 2. The zero-order valence-corrected chi connectivity index (χ0v) is 8.03. The van der Waals surface area contributed by atoms with Gasteiger partial charge in [0.15, 0.2) is 0 Å². The predicted molar refractivity (Wildman–Crippen MR) is 57.6 cm³/mol. The standard InChI is InChI=1S/C12H14O2/c1-3-5-9-10(6-4-2)12(14)8-7-11(9)13/h3-4,7-8,13-14H,1-2,5-6H2. The van der Waals surface area contributed by atoms with Crippen molar-refractivity contribution in [2.24, 2.45) is 0 Å². The third kappa shape index (κ3) is 1.96. The Labute approximate surface area is 83.8 Å². The first kappa shape index (κ1) is 10.4. The molecule has 2 heteroatoms. The van der Waals surface area contributed by atoms with E-state index in [4.69, 9.17) is 0 Å². The molecule has 0 heterocycles. The van der Waals surface area contributed by atoms with Gasteiger partial charge >= 0.3 is 0 Å². The van der Waals surface area contributed by atoms with Crippen molar-refractivity contribution in [3.8, 4) is 11.5 Å². The molecule has 0 radical (unpaired) electrons. The van der Waals surface area contributed by atoms with Gasteiger partial charge in [-0.3, -0.25) is 0 Å². The molecule has 0 aromatic heterocycles. The number of benzene rings is 1. The highest BCUT2D eigenvalue weighted by atomic mass is 16.3. The molecule has 0 aliphatic rings. The topological polar surface area (TPSA) is 40.5 Å². The van der Waals surface area contributed by atoms with Crippen molar-refractivity contribution in [2.45, 2.75) is 12.8 Å². The molecule has 0 saturated heterocycles. The fourth-order valence-electron chi connectivity index (χ4n) is 1.41. The van der Waals surface area contributed by atoms with Gasteiger partial charge in [0, 0.05) is 11.1 Å². The summed E-state index contributed by atoms with van der Waals surface area (Å²) >= 11 is 0. The monoisotopic (exact) mass is 190 g/mol. The maximum Gasteiger partial charge on any atom is 0.119 e. The van der Waals surface area contributed by atoms with Crippen LogP contribution in [0.25, 0.3) is 0 Å². The van der Waals surface area contributed by atoms with Crippen LogP contribution in [0.4, 0.5) is 0 Å². The highest BCUT2D eigenvalue weighted by Crippen LogP contribution is 2.30. The van der Waals surface area contributed by atoms with Gasteiger partial charge in [0.05, 0.1) is 0 Å². The lowest BCUT2D eigenvalue weighted by atomic mass is 9.99. The highest BCUT2D eigenvalue weighted by molar-refractivity contribution is 5.49. The van der Waals surface area contributed by atoms with Gasteiger partial charge in [0.2, 0.25) is 0 Å². The molecule has 0 amide bonds. The van der Waals surface area contributed by atoms with Gasteiger partial charge in [-0.15, -0.1) is 13.2 Å². The molecule has 0 fully saturated rings. The Morgan fingerprint density at radius 1 is 0.929 bits per heavy atom. The van der Waals surface area contributed by atoms with Crippen molar-refractivity contribution in [3.05, 3.63) is 48.6 Å². The summed E-state index contributed by atoms with van der Waals surface area (Å²) in [5.41, 5.74) is 1.44. The lowest BCUT2D eigenvalue weighted by Crippen LogP contribution is -1.93. The molecular weight excluding hydrogens is 176 g/mol. The van der Waals surface area contributed by atoms with Crippen molar-refractivity contribution in [1.29, 1.82) is 0 Å². The first-order valence-corrected chi connectivity index (χ1v) is 4.45. The SMILES string of the molecule is C=CCc1c(O)ccc(O)c1CC=C. The molecule has 2 nitrogen and oxygen atoms in total. The second-order valence-corrected chi connectivity index (χ2v) is 3.05. The predicted octanol–water partition coefficient (Wildman–Crippen LogP) is 2.55. The van der Waals surface area contributed by atoms with Gasteiger partial charge in [-0.1, -0.05) is 12.2 Å². The Bertz CT molecular complexity index is 319. The molecule has 2 N–H and O–H groups in total. The van der Waals surface area contributed by atoms with E-state index in [0.29, 0.717) is 12.8 Å². The van der Waals surface area contributed by atoms with E-state index in [1.165, 1.54) is 12.1 Å². The van der Waals surface area contributed by atoms with E-state index < -0.39 is 0 Å². The summed E-state index contributed by atoms with van der Waals surface area (Å²) < 4.78 is 0. The minimum absolute atomic E-state index is 0.194. The van der Waals surface area contributed by atoms with E-state index in [9.17, 15) is 10.2 Å². The van der Waals surface area contributed by atoms with Crippen molar-refractivity contribution in [3.63, 3.8) is 0 Å². The highest BCUT2D eigenvalue weighted by Gasteiger charge is 2.09. The van der Waals surface area contributed by atoms with Crippen LogP contribution in [0.2, 0.25) is 0 Å². The Hall–Kier alpha value is -1.70. The number of rotatable bonds is 4. The Morgan fingerprint density at radius 2 is 1.29 bits per heavy atom. The lowest BCUT2D eigenvalue weighted by Gasteiger charge is -2.10. The van der Waals surface area contributed by atoms with E-state index in [0.717, 1.165) is 11.1 Å². The molecule has 0 aliphatic heterocycles. The first-order valence-electron chi connectivity index (χ1n) is 4.45. The summed E-state index contributed by atoms with van der Waals surface area (Å²) in [7, 11) is 0. The number of aromatic hydroxyl groups is 2. The van der Waals surface area contributed by atoms with Crippen LogP contribution < -0.4 is 0 Å². The zero-order chi connectivity index (χ0) is 10.6. The summed E-state index contributed by atoms with van der Waals surface area (Å²) in [5, 5.41) is 19.2. The fraction of sp³-hybridized carbons (Fsp3) is 0.167. The maximum absolute atomic E-state index is 9.58. The van der Waals surface area contributed by atoms with Gasteiger partial charge in [0.25, 0.3) is 0 Å². The largest absolute Gasteiger partial charge is 0.508 e. The van der Waals surface area contributed by atoms with Crippen molar-refractivity contribution < 1.29 is 10.2 Å². The van der Waals surface area contributed by atoms with Crippen LogP contribution in [0, 0.1) is 0 Å². The average molecular weight is 190 g/mol. The lowest BCUT2D eigenvalue weighted by molar-refractivity contribution is 0.450. The number of phenols is 2. The van der Waals surface area contributed by atoms with Crippen LogP contribution in [-0.2, 0) is 12.8 Å². The van der Waals surface area contributed by atoms with Crippen LogP contribution in [0.5, 0.6) is 11.5 Å². The summed E-state index contributed by atoms with van der Waals surface area (Å²) in [6.45, 7) is 7.22. The summed E-state index contributed by atoms with van der Waals surface area (Å²) in [6, 6.07) is 2.97. The summed E-state index contributed by atoms with van der Waals surface area (Å²) in [5.74, 6) is 0.388. The third-order valence-corrected chi connectivity index (χ3v) is 2.08. The van der Waals surface area contributed by atoms with Crippen molar-refractivity contribution in [2.75, 3.05) is 0 Å². The van der Waals surface area contributed by atoms with E-state index in [1.54, 1.807) is 12.2 Å². The second kappa shape index (κ2) is 4.51. The summed E-state index contributed by atoms with van der Waals surface area (Å²) in [4.78, 5) is 0. The molecule has 1 aromatic carbocycles. The van der Waals surface area contributed by atoms with Gasteiger partial charge in [-0.25, -0.2) is 0 Å². The number of hydrogen-bond acceptors (Lipinski definition) is 2. The Morgan fingerprint density at radius 3 is 1.57 bits per heavy atom. The van der Waals surface area contributed by atoms with Gasteiger partial charge < -0.3 is 10.2 Å². The first-order chi connectivity index (χ1) is 6.70. The minimum Gasteiger partial charge on any atom is -0.508 e. The van der Waals surface area contributed by atoms with Crippen molar-refractivity contribution in [1.82, 2.24) is 0 Å². The van der Waals surface area contributed by atoms with Crippen LogP contribution in [0.1, 0.15) is 11.1 Å². The molecule has 0 aliphatic carbocycles. The maximum atomic E-state index is 9.58. The fourth-order valence-corrected chi connectivity index (χ4v) is 1.41. The van der Waals surface area contributed by atoms with Crippen LogP contribution in [0.3, 0.4) is 0 Å². The molecule has 0 saturated carbocycles. The molecule has 1 aromatic rings. The molecule has 1 rings (SSSR count). The average Bonchev–Trinajstić information content (AvgIpc) is 2.17. The third-order valence-electron chi connectivity index (χ3n) is 2.08. The zero-order valence-electron chi connectivity index (χ0n) is 8.03. The molecular formula is C12H14O2. The van der Waals surface area contributed by atoms with E-state index in [-0.39, 0.29) is 11.5 Å². The molecule has 0 atom stereocenters. The van der Waals surface area contributed by atoms with Crippen molar-refractivity contribution >= 4 is 0 Å². The Kier molecular flexibility index (Phi) is 3.35. The molecule has 0 bridgehead atoms.